The van der Waals surface area contributed by atoms with E-state index in [4.69, 9.17) is 0 Å². The van der Waals surface area contributed by atoms with Crippen LogP contribution in [0.1, 0.15) is 5.69 Å². The Morgan fingerprint density at radius 2 is 2.46 bits per heavy atom. The monoisotopic (exact) mass is 176 g/mol. The molecule has 2 aromatic heterocycles. The van der Waals surface area contributed by atoms with Crippen molar-refractivity contribution in [2.24, 2.45) is 0 Å². The maximum atomic E-state index is 4.16. The molecule has 2 rings (SSSR count). The molecule has 0 aliphatic carbocycles. The summed E-state index contributed by atoms with van der Waals surface area (Å²) in [5, 5.41) is 11.5. The summed E-state index contributed by atoms with van der Waals surface area (Å²) in [4.78, 5) is 4.01. The molecule has 2 aromatic rings. The molecule has 2 N–H and O–H groups in total. The Morgan fingerprint density at radius 3 is 3.31 bits per heavy atom. The van der Waals surface area contributed by atoms with E-state index in [1.54, 1.807) is 12.4 Å². The molecule has 13 heavy (non-hydrogen) atoms. The van der Waals surface area contributed by atoms with Crippen molar-refractivity contribution in [3.8, 4) is 0 Å². The van der Waals surface area contributed by atoms with Gasteiger partial charge in [-0.15, -0.1) is 0 Å². The number of likely N-dealkylation sites (N-methyl/N-ethyl adjacent to an activating group) is 1. The molecule has 0 amide bonds. The van der Waals surface area contributed by atoms with Crippen LogP contribution >= 0.6 is 0 Å². The average molecular weight is 176 g/mol. The largest absolute Gasteiger partial charge is 0.319 e. The first-order chi connectivity index (χ1) is 6.42. The quantitative estimate of drug-likeness (QED) is 0.724. The number of aromatic amines is 1. The van der Waals surface area contributed by atoms with Gasteiger partial charge in [0.15, 0.2) is 0 Å². The Bertz CT molecular complexity index is 393. The molecule has 4 nitrogen and oxygen atoms in total. The van der Waals surface area contributed by atoms with Gasteiger partial charge in [-0.05, 0) is 13.1 Å². The van der Waals surface area contributed by atoms with Gasteiger partial charge in [-0.2, -0.15) is 5.10 Å². The number of nitrogens with one attached hydrogen (secondary N) is 2. The van der Waals surface area contributed by atoms with Crippen LogP contribution in [-0.2, 0) is 6.42 Å². The van der Waals surface area contributed by atoms with Gasteiger partial charge in [0, 0.05) is 30.2 Å². The van der Waals surface area contributed by atoms with Crippen molar-refractivity contribution in [3.05, 3.63) is 24.2 Å². The molecule has 68 valence electrons. The SMILES string of the molecule is CNCCc1[nH]nc2cnccc12. The molecule has 4 heteroatoms. The standard InChI is InChI=1S/C9H12N4/c1-10-4-3-8-7-2-5-11-6-9(7)13-12-8/h2,5-6,10H,3-4H2,1H3,(H,12,13). The second-order valence-electron chi connectivity index (χ2n) is 2.95. The molecule has 0 atom stereocenters. The summed E-state index contributed by atoms with van der Waals surface area (Å²) in [5.41, 5.74) is 2.11. The van der Waals surface area contributed by atoms with Gasteiger partial charge >= 0.3 is 0 Å². The number of nitrogens with zero attached hydrogens (tertiary/aromatic N) is 2. The summed E-state index contributed by atoms with van der Waals surface area (Å²) in [7, 11) is 1.94. The fourth-order valence-electron chi connectivity index (χ4n) is 1.36. The number of fused-ring (bicyclic) bond motifs is 1. The van der Waals surface area contributed by atoms with Crippen LogP contribution in [0.3, 0.4) is 0 Å². The summed E-state index contributed by atoms with van der Waals surface area (Å²) in [5.74, 6) is 0. The Hall–Kier alpha value is -1.42. The Balaban J connectivity index is 2.35. The minimum Gasteiger partial charge on any atom is -0.319 e. The highest BCUT2D eigenvalue weighted by Gasteiger charge is 2.02. The van der Waals surface area contributed by atoms with Crippen LogP contribution in [0.15, 0.2) is 18.5 Å². The van der Waals surface area contributed by atoms with Crippen molar-refractivity contribution in [3.63, 3.8) is 0 Å². The van der Waals surface area contributed by atoms with Crippen molar-refractivity contribution in [1.29, 1.82) is 0 Å². The normalized spacial score (nSPS) is 10.8. The minimum atomic E-state index is 0.939. The number of rotatable bonds is 3. The number of hydrogen-bond donors (Lipinski definition) is 2. The lowest BCUT2D eigenvalue weighted by molar-refractivity contribution is 0.775. The lowest BCUT2D eigenvalue weighted by atomic mass is 10.2. The first-order valence-corrected chi connectivity index (χ1v) is 4.33. The van der Waals surface area contributed by atoms with E-state index in [0.29, 0.717) is 0 Å². The van der Waals surface area contributed by atoms with E-state index in [2.05, 4.69) is 20.5 Å². The predicted molar refractivity (Wildman–Crippen MR) is 51.5 cm³/mol. The first kappa shape index (κ1) is 8.19. The molecule has 0 saturated heterocycles. The molecule has 2 heterocycles. The highest BCUT2D eigenvalue weighted by molar-refractivity contribution is 5.80. The van der Waals surface area contributed by atoms with E-state index >= 15 is 0 Å². The van der Waals surface area contributed by atoms with E-state index in [0.717, 1.165) is 18.5 Å². The number of pyridine rings is 1. The number of H-pyrrole nitrogens is 1. The van der Waals surface area contributed by atoms with Crippen LogP contribution in [-0.4, -0.2) is 28.8 Å². The third-order valence-corrected chi connectivity index (χ3v) is 2.06. The van der Waals surface area contributed by atoms with Crippen LogP contribution in [0.25, 0.3) is 10.9 Å². The van der Waals surface area contributed by atoms with E-state index in [1.165, 1.54) is 11.1 Å². The summed E-state index contributed by atoms with van der Waals surface area (Å²) in [6.45, 7) is 0.958. The molecule has 0 saturated carbocycles. The molecule has 0 bridgehead atoms. The van der Waals surface area contributed by atoms with Crippen molar-refractivity contribution in [2.45, 2.75) is 6.42 Å². The smallest absolute Gasteiger partial charge is 0.111 e. The highest BCUT2D eigenvalue weighted by atomic mass is 15.1. The van der Waals surface area contributed by atoms with Crippen LogP contribution in [0, 0.1) is 0 Å². The van der Waals surface area contributed by atoms with Crippen molar-refractivity contribution in [2.75, 3.05) is 13.6 Å². The third kappa shape index (κ3) is 1.53. The third-order valence-electron chi connectivity index (χ3n) is 2.06. The van der Waals surface area contributed by atoms with Gasteiger partial charge in [-0.3, -0.25) is 10.1 Å². The Labute approximate surface area is 76.4 Å². The number of hydrogen-bond acceptors (Lipinski definition) is 3. The second kappa shape index (κ2) is 3.53. The zero-order chi connectivity index (χ0) is 9.10. The topological polar surface area (TPSA) is 53.6 Å². The second-order valence-corrected chi connectivity index (χ2v) is 2.95. The van der Waals surface area contributed by atoms with Crippen molar-refractivity contribution >= 4 is 10.9 Å². The molecule has 0 radical (unpaired) electrons. The molecule has 0 spiro atoms. The molecule has 0 aromatic carbocycles. The summed E-state index contributed by atoms with van der Waals surface area (Å²) >= 11 is 0. The van der Waals surface area contributed by atoms with Crippen LogP contribution in [0.4, 0.5) is 0 Å². The number of aromatic nitrogens is 3. The zero-order valence-corrected chi connectivity index (χ0v) is 7.54. The zero-order valence-electron chi connectivity index (χ0n) is 7.54. The summed E-state index contributed by atoms with van der Waals surface area (Å²) < 4.78 is 0. The molecule has 0 fully saturated rings. The molecule has 0 aliphatic heterocycles. The maximum absolute atomic E-state index is 4.16. The lowest BCUT2D eigenvalue weighted by Gasteiger charge is -1.96. The van der Waals surface area contributed by atoms with E-state index in [-0.39, 0.29) is 0 Å². The van der Waals surface area contributed by atoms with E-state index in [9.17, 15) is 0 Å². The van der Waals surface area contributed by atoms with Gasteiger partial charge in [-0.25, -0.2) is 0 Å². The fraction of sp³-hybridized carbons (Fsp3) is 0.333. The Morgan fingerprint density at radius 1 is 1.54 bits per heavy atom. The van der Waals surface area contributed by atoms with Gasteiger partial charge < -0.3 is 5.32 Å². The summed E-state index contributed by atoms with van der Waals surface area (Å²) in [6, 6.07) is 1.99. The van der Waals surface area contributed by atoms with E-state index in [1.807, 2.05) is 13.1 Å². The van der Waals surface area contributed by atoms with Gasteiger partial charge in [0.1, 0.15) is 5.52 Å². The predicted octanol–water partition coefficient (Wildman–Crippen LogP) is 0.720. The average Bonchev–Trinajstić information content (AvgIpc) is 2.58. The fourth-order valence-corrected chi connectivity index (χ4v) is 1.36. The van der Waals surface area contributed by atoms with Crippen molar-refractivity contribution in [1.82, 2.24) is 20.5 Å². The van der Waals surface area contributed by atoms with Crippen LogP contribution < -0.4 is 5.32 Å². The van der Waals surface area contributed by atoms with Crippen molar-refractivity contribution < 1.29 is 0 Å². The Kier molecular flexibility index (Phi) is 2.23. The maximum Gasteiger partial charge on any atom is 0.111 e. The summed E-state index contributed by atoms with van der Waals surface area (Å²) in [6.07, 6.45) is 4.53. The first-order valence-electron chi connectivity index (χ1n) is 4.33. The molecular formula is C9H12N4. The molecular weight excluding hydrogens is 164 g/mol. The van der Waals surface area contributed by atoms with Gasteiger partial charge in [0.25, 0.3) is 0 Å². The lowest BCUT2D eigenvalue weighted by Crippen LogP contribution is -2.10. The molecule has 0 aliphatic rings. The highest BCUT2D eigenvalue weighted by Crippen LogP contribution is 2.13. The minimum absolute atomic E-state index is 0.939. The van der Waals surface area contributed by atoms with Crippen LogP contribution in [0.2, 0.25) is 0 Å². The van der Waals surface area contributed by atoms with Gasteiger partial charge in [-0.1, -0.05) is 0 Å². The van der Waals surface area contributed by atoms with E-state index < -0.39 is 0 Å². The molecule has 0 unspecified atom stereocenters. The van der Waals surface area contributed by atoms with Gasteiger partial charge in [0.2, 0.25) is 0 Å². The van der Waals surface area contributed by atoms with Crippen LogP contribution in [0.5, 0.6) is 0 Å². The van der Waals surface area contributed by atoms with Gasteiger partial charge in [0.05, 0.1) is 6.20 Å².